The number of nitrogens with zero attached hydrogens (tertiary/aromatic N) is 1. The Balaban J connectivity index is 2.23. The summed E-state index contributed by atoms with van der Waals surface area (Å²) in [6, 6.07) is -0.0103. The number of hydrogen-bond acceptors (Lipinski definition) is 2. The molecule has 0 aromatic carbocycles. The van der Waals surface area contributed by atoms with Crippen LogP contribution in [0, 0.1) is 6.92 Å². The molecule has 1 aromatic heterocycles. The van der Waals surface area contributed by atoms with E-state index in [9.17, 15) is 4.39 Å². The van der Waals surface area contributed by atoms with Crippen LogP contribution < -0.4 is 5.73 Å². The van der Waals surface area contributed by atoms with Crippen LogP contribution in [0.4, 0.5) is 4.39 Å². The average molecular weight is 227 g/mol. The van der Waals surface area contributed by atoms with Gasteiger partial charge in [-0.2, -0.15) is 0 Å². The Morgan fingerprint density at radius 3 is 2.69 bits per heavy atom. The molecule has 0 aliphatic heterocycles. The van der Waals surface area contributed by atoms with Gasteiger partial charge in [0.05, 0.1) is 5.69 Å². The molecule has 1 heterocycles. The van der Waals surface area contributed by atoms with Gasteiger partial charge < -0.3 is 10.7 Å². The molecular formula is C12H22FN3. The van der Waals surface area contributed by atoms with E-state index >= 15 is 0 Å². The first kappa shape index (κ1) is 13.2. The van der Waals surface area contributed by atoms with Crippen molar-refractivity contribution in [2.75, 3.05) is 0 Å². The van der Waals surface area contributed by atoms with E-state index in [0.717, 1.165) is 30.8 Å². The summed E-state index contributed by atoms with van der Waals surface area (Å²) >= 11 is 0. The lowest BCUT2D eigenvalue weighted by Gasteiger charge is -2.14. The Labute approximate surface area is 96.7 Å². The number of aryl methyl sites for hydroxylation is 1. The predicted molar refractivity (Wildman–Crippen MR) is 63.9 cm³/mol. The van der Waals surface area contributed by atoms with Gasteiger partial charge in [0.1, 0.15) is 11.5 Å². The Bertz CT molecular complexity index is 314. The summed E-state index contributed by atoms with van der Waals surface area (Å²) in [5.41, 5.74) is 5.90. The lowest BCUT2D eigenvalue weighted by atomic mass is 10.00. The maximum atomic E-state index is 13.2. The number of aromatic nitrogens is 2. The average Bonchev–Trinajstić information content (AvgIpc) is 2.57. The summed E-state index contributed by atoms with van der Waals surface area (Å²) in [6.07, 6.45) is 5.08. The van der Waals surface area contributed by atoms with E-state index in [0.29, 0.717) is 6.42 Å². The van der Waals surface area contributed by atoms with Crippen LogP contribution in [0.1, 0.15) is 57.1 Å². The second-order valence-corrected chi connectivity index (χ2v) is 4.99. The minimum absolute atomic E-state index is 0.0103. The highest BCUT2D eigenvalue weighted by atomic mass is 19.1. The van der Waals surface area contributed by atoms with Crippen molar-refractivity contribution in [2.45, 2.75) is 58.2 Å². The van der Waals surface area contributed by atoms with E-state index in [-0.39, 0.29) is 6.04 Å². The van der Waals surface area contributed by atoms with Gasteiger partial charge in [-0.25, -0.2) is 9.37 Å². The van der Waals surface area contributed by atoms with Crippen molar-refractivity contribution in [3.63, 3.8) is 0 Å². The second kappa shape index (κ2) is 5.43. The minimum Gasteiger partial charge on any atom is -0.345 e. The molecule has 0 aliphatic rings. The van der Waals surface area contributed by atoms with E-state index in [1.54, 1.807) is 20.0 Å². The molecule has 92 valence electrons. The number of nitrogens with one attached hydrogen (secondary N) is 1. The maximum absolute atomic E-state index is 13.2. The molecule has 0 fully saturated rings. The summed E-state index contributed by atoms with van der Waals surface area (Å²) in [5.74, 6) is 0.885. The zero-order valence-electron chi connectivity index (χ0n) is 10.4. The molecule has 1 aromatic rings. The van der Waals surface area contributed by atoms with Gasteiger partial charge in [-0.05, 0) is 33.6 Å². The van der Waals surface area contributed by atoms with Gasteiger partial charge in [-0.1, -0.05) is 12.8 Å². The van der Waals surface area contributed by atoms with E-state index in [2.05, 4.69) is 9.97 Å². The number of alkyl halides is 1. The molecule has 0 saturated carbocycles. The van der Waals surface area contributed by atoms with Gasteiger partial charge >= 0.3 is 0 Å². The van der Waals surface area contributed by atoms with Crippen molar-refractivity contribution >= 4 is 0 Å². The zero-order valence-corrected chi connectivity index (χ0v) is 10.4. The number of H-pyrrole nitrogens is 1. The van der Waals surface area contributed by atoms with Gasteiger partial charge in [0, 0.05) is 12.2 Å². The molecule has 3 N–H and O–H groups in total. The van der Waals surface area contributed by atoms with Crippen LogP contribution in [-0.4, -0.2) is 15.6 Å². The van der Waals surface area contributed by atoms with E-state index in [1.165, 1.54) is 0 Å². The summed E-state index contributed by atoms with van der Waals surface area (Å²) < 4.78 is 13.2. The Morgan fingerprint density at radius 2 is 2.19 bits per heavy atom. The van der Waals surface area contributed by atoms with Crippen molar-refractivity contribution in [3.05, 3.63) is 17.7 Å². The first-order valence-electron chi connectivity index (χ1n) is 5.84. The molecule has 0 amide bonds. The quantitative estimate of drug-likeness (QED) is 0.734. The molecule has 0 radical (unpaired) electrons. The van der Waals surface area contributed by atoms with Gasteiger partial charge in [0.15, 0.2) is 0 Å². The maximum Gasteiger partial charge on any atom is 0.105 e. The van der Waals surface area contributed by atoms with Crippen LogP contribution in [0.5, 0.6) is 0 Å². The highest BCUT2D eigenvalue weighted by molar-refractivity contribution is 5.04. The fourth-order valence-corrected chi connectivity index (χ4v) is 1.69. The molecule has 0 unspecified atom stereocenters. The van der Waals surface area contributed by atoms with Gasteiger partial charge in [0.25, 0.3) is 0 Å². The van der Waals surface area contributed by atoms with E-state index < -0.39 is 5.67 Å². The summed E-state index contributed by atoms with van der Waals surface area (Å²) in [6.45, 7) is 5.14. The smallest absolute Gasteiger partial charge is 0.105 e. The Kier molecular flexibility index (Phi) is 4.47. The number of nitrogens with two attached hydrogens (primary N) is 1. The van der Waals surface area contributed by atoms with E-state index in [4.69, 9.17) is 5.73 Å². The highest BCUT2D eigenvalue weighted by Crippen LogP contribution is 2.20. The standard InChI is InChI=1S/C12H22FN3/c1-9-15-8-11(16-9)10(14)6-4-5-7-12(2,3)13/h8,10H,4-7,14H2,1-3H3,(H,15,16)/t10-/m0/s1. The van der Waals surface area contributed by atoms with Gasteiger partial charge in [-0.3, -0.25) is 0 Å². The monoisotopic (exact) mass is 227 g/mol. The van der Waals surface area contributed by atoms with Crippen molar-refractivity contribution < 1.29 is 4.39 Å². The lowest BCUT2D eigenvalue weighted by Crippen LogP contribution is -2.13. The molecule has 16 heavy (non-hydrogen) atoms. The van der Waals surface area contributed by atoms with Crippen molar-refractivity contribution in [1.29, 1.82) is 0 Å². The number of rotatable bonds is 6. The fraction of sp³-hybridized carbons (Fsp3) is 0.750. The topological polar surface area (TPSA) is 54.7 Å². The Hall–Kier alpha value is -0.900. The first-order valence-corrected chi connectivity index (χ1v) is 5.84. The van der Waals surface area contributed by atoms with Crippen molar-refractivity contribution in [3.8, 4) is 0 Å². The molecule has 0 saturated heterocycles. The van der Waals surface area contributed by atoms with Gasteiger partial charge in [-0.15, -0.1) is 0 Å². The van der Waals surface area contributed by atoms with Crippen LogP contribution in [0.3, 0.4) is 0 Å². The number of halogens is 1. The lowest BCUT2D eigenvalue weighted by molar-refractivity contribution is 0.195. The van der Waals surface area contributed by atoms with Crippen LogP contribution in [0.2, 0.25) is 0 Å². The number of unbranched alkanes of at least 4 members (excludes halogenated alkanes) is 1. The third-order valence-corrected chi connectivity index (χ3v) is 2.66. The third-order valence-electron chi connectivity index (χ3n) is 2.66. The summed E-state index contributed by atoms with van der Waals surface area (Å²) in [5, 5.41) is 0. The summed E-state index contributed by atoms with van der Waals surface area (Å²) in [4.78, 5) is 7.23. The molecule has 3 nitrogen and oxygen atoms in total. The zero-order chi connectivity index (χ0) is 12.2. The van der Waals surface area contributed by atoms with E-state index in [1.807, 2.05) is 6.92 Å². The van der Waals surface area contributed by atoms with Crippen LogP contribution in [0.25, 0.3) is 0 Å². The Morgan fingerprint density at radius 1 is 1.50 bits per heavy atom. The predicted octanol–water partition coefficient (Wildman–Crippen LogP) is 3.03. The molecule has 1 rings (SSSR count). The SMILES string of the molecule is Cc1ncc([C@@H](N)CCCCC(C)(C)F)[nH]1. The van der Waals surface area contributed by atoms with Crippen LogP contribution in [-0.2, 0) is 0 Å². The molecule has 0 spiro atoms. The third kappa shape index (κ3) is 4.75. The van der Waals surface area contributed by atoms with Crippen molar-refractivity contribution in [1.82, 2.24) is 9.97 Å². The second-order valence-electron chi connectivity index (χ2n) is 4.99. The van der Waals surface area contributed by atoms with Gasteiger partial charge in [0.2, 0.25) is 0 Å². The normalized spacial score (nSPS) is 14.1. The molecule has 4 heteroatoms. The fourth-order valence-electron chi connectivity index (χ4n) is 1.69. The molecule has 0 bridgehead atoms. The number of hydrogen-bond donors (Lipinski definition) is 2. The molecule has 0 aliphatic carbocycles. The van der Waals surface area contributed by atoms with Crippen LogP contribution in [0.15, 0.2) is 6.20 Å². The minimum atomic E-state index is -1.06. The molecule has 1 atom stereocenters. The highest BCUT2D eigenvalue weighted by Gasteiger charge is 2.15. The molecular weight excluding hydrogens is 205 g/mol. The summed E-state index contributed by atoms with van der Waals surface area (Å²) in [7, 11) is 0. The number of imidazole rings is 1. The first-order chi connectivity index (χ1) is 7.38. The number of aromatic amines is 1. The van der Waals surface area contributed by atoms with Crippen molar-refractivity contribution in [2.24, 2.45) is 5.73 Å². The largest absolute Gasteiger partial charge is 0.345 e. The van der Waals surface area contributed by atoms with Crippen LogP contribution >= 0.6 is 0 Å².